The Kier molecular flexibility index (Phi) is 10.00. The molecule has 0 aliphatic rings. The SMILES string of the molecule is CCOc1cc(C=NNC(=O)CCNC(=O)c2ccccc2F)cc(Br)c1OCc1ccc(C)cc1. The van der Waals surface area contributed by atoms with Gasteiger partial charge in [-0.05, 0) is 65.2 Å². The van der Waals surface area contributed by atoms with Gasteiger partial charge < -0.3 is 14.8 Å². The molecule has 0 spiro atoms. The Labute approximate surface area is 217 Å². The average Bonchev–Trinajstić information content (AvgIpc) is 2.85. The van der Waals surface area contributed by atoms with Crippen molar-refractivity contribution in [3.8, 4) is 11.5 Å². The number of rotatable bonds is 11. The highest BCUT2D eigenvalue weighted by atomic mass is 79.9. The molecule has 0 saturated carbocycles. The molecule has 3 aromatic carbocycles. The molecule has 0 radical (unpaired) electrons. The first kappa shape index (κ1) is 26.9. The summed E-state index contributed by atoms with van der Waals surface area (Å²) >= 11 is 3.53. The fraction of sp³-hybridized carbons (Fsp3) is 0.222. The minimum absolute atomic E-state index is 0.0167. The van der Waals surface area contributed by atoms with Crippen molar-refractivity contribution >= 4 is 34.0 Å². The van der Waals surface area contributed by atoms with Gasteiger partial charge in [0.25, 0.3) is 5.91 Å². The van der Waals surface area contributed by atoms with Crippen molar-refractivity contribution in [3.05, 3.63) is 93.2 Å². The van der Waals surface area contributed by atoms with Crippen molar-refractivity contribution in [1.29, 1.82) is 0 Å². The fourth-order valence-electron chi connectivity index (χ4n) is 3.17. The van der Waals surface area contributed by atoms with Gasteiger partial charge in [-0.25, -0.2) is 9.82 Å². The number of halogens is 2. The number of hydrogen-bond donors (Lipinski definition) is 2. The summed E-state index contributed by atoms with van der Waals surface area (Å²) in [6.45, 7) is 4.79. The van der Waals surface area contributed by atoms with Crippen LogP contribution in [0.15, 0.2) is 70.2 Å². The number of carbonyl (C=O) groups is 2. The van der Waals surface area contributed by atoms with E-state index in [0.717, 1.165) is 5.56 Å². The van der Waals surface area contributed by atoms with Gasteiger partial charge in [0, 0.05) is 13.0 Å². The molecule has 3 rings (SSSR count). The molecule has 9 heteroatoms. The number of amides is 2. The molecule has 2 amide bonds. The monoisotopic (exact) mass is 555 g/mol. The zero-order valence-electron chi connectivity index (χ0n) is 20.0. The Bertz CT molecular complexity index is 1230. The fourth-order valence-corrected chi connectivity index (χ4v) is 3.74. The van der Waals surface area contributed by atoms with Crippen molar-refractivity contribution in [3.63, 3.8) is 0 Å². The average molecular weight is 556 g/mol. The Morgan fingerprint density at radius 2 is 1.83 bits per heavy atom. The predicted octanol–water partition coefficient (Wildman–Crippen LogP) is 5.14. The zero-order chi connectivity index (χ0) is 25.9. The highest BCUT2D eigenvalue weighted by Crippen LogP contribution is 2.37. The van der Waals surface area contributed by atoms with E-state index in [1.807, 2.05) is 38.1 Å². The molecule has 0 bridgehead atoms. The lowest BCUT2D eigenvalue weighted by atomic mass is 10.2. The van der Waals surface area contributed by atoms with Crippen molar-refractivity contribution in [1.82, 2.24) is 10.7 Å². The highest BCUT2D eigenvalue weighted by Gasteiger charge is 2.13. The van der Waals surface area contributed by atoms with Crippen LogP contribution in [0.1, 0.15) is 40.4 Å². The lowest BCUT2D eigenvalue weighted by Gasteiger charge is -2.15. The molecule has 0 aliphatic heterocycles. The van der Waals surface area contributed by atoms with Crippen LogP contribution in [-0.4, -0.2) is 31.2 Å². The number of hydrogen-bond acceptors (Lipinski definition) is 5. The van der Waals surface area contributed by atoms with Crippen LogP contribution in [0, 0.1) is 12.7 Å². The molecule has 3 aromatic rings. The molecule has 0 saturated heterocycles. The number of ether oxygens (including phenoxy) is 2. The third-order valence-electron chi connectivity index (χ3n) is 4.99. The number of aryl methyl sites for hydroxylation is 1. The van der Waals surface area contributed by atoms with Gasteiger partial charge in [0.05, 0.1) is 22.9 Å². The number of hydrazone groups is 1. The van der Waals surface area contributed by atoms with Crippen LogP contribution in [0.2, 0.25) is 0 Å². The molecule has 0 fully saturated rings. The first-order chi connectivity index (χ1) is 17.4. The normalized spacial score (nSPS) is 10.8. The van der Waals surface area contributed by atoms with E-state index in [1.54, 1.807) is 18.2 Å². The van der Waals surface area contributed by atoms with Gasteiger partial charge in [-0.1, -0.05) is 42.0 Å². The number of nitrogens with one attached hydrogen (secondary N) is 2. The highest BCUT2D eigenvalue weighted by molar-refractivity contribution is 9.10. The number of nitrogens with zero attached hydrogens (tertiary/aromatic N) is 1. The van der Waals surface area contributed by atoms with Crippen LogP contribution < -0.4 is 20.2 Å². The maximum Gasteiger partial charge on any atom is 0.254 e. The van der Waals surface area contributed by atoms with Crippen molar-refractivity contribution < 1.29 is 23.5 Å². The predicted molar refractivity (Wildman–Crippen MR) is 140 cm³/mol. The Hall–Kier alpha value is -3.72. The number of carbonyl (C=O) groups excluding carboxylic acids is 2. The lowest BCUT2D eigenvalue weighted by Crippen LogP contribution is -2.29. The molecule has 0 atom stereocenters. The summed E-state index contributed by atoms with van der Waals surface area (Å²) in [5, 5.41) is 6.48. The van der Waals surface area contributed by atoms with Gasteiger partial charge in [-0.2, -0.15) is 5.10 Å². The molecule has 2 N–H and O–H groups in total. The van der Waals surface area contributed by atoms with Gasteiger partial charge in [0.2, 0.25) is 5.91 Å². The zero-order valence-corrected chi connectivity index (χ0v) is 21.6. The first-order valence-electron chi connectivity index (χ1n) is 11.4. The maximum absolute atomic E-state index is 13.6. The Balaban J connectivity index is 1.54. The summed E-state index contributed by atoms with van der Waals surface area (Å²) in [6, 6.07) is 17.3. The van der Waals surface area contributed by atoms with E-state index >= 15 is 0 Å². The van der Waals surface area contributed by atoms with Crippen molar-refractivity contribution in [2.24, 2.45) is 5.10 Å². The quantitative estimate of drug-likeness (QED) is 0.253. The Morgan fingerprint density at radius 1 is 1.08 bits per heavy atom. The van der Waals surface area contributed by atoms with E-state index in [4.69, 9.17) is 9.47 Å². The molecule has 0 aliphatic carbocycles. The van der Waals surface area contributed by atoms with Crippen LogP contribution in [0.3, 0.4) is 0 Å². The summed E-state index contributed by atoms with van der Waals surface area (Å²) in [5.74, 6) is -0.482. The van der Waals surface area contributed by atoms with Crippen molar-refractivity contribution in [2.75, 3.05) is 13.2 Å². The van der Waals surface area contributed by atoms with Crippen LogP contribution in [-0.2, 0) is 11.4 Å². The molecular weight excluding hydrogens is 529 g/mol. The smallest absolute Gasteiger partial charge is 0.254 e. The summed E-state index contributed by atoms with van der Waals surface area (Å²) < 4.78 is 26.1. The van der Waals surface area contributed by atoms with Gasteiger partial charge in [-0.15, -0.1) is 0 Å². The summed E-state index contributed by atoms with van der Waals surface area (Å²) in [4.78, 5) is 24.0. The topological polar surface area (TPSA) is 89.0 Å². The molecule has 36 heavy (non-hydrogen) atoms. The van der Waals surface area contributed by atoms with E-state index in [9.17, 15) is 14.0 Å². The maximum atomic E-state index is 13.6. The largest absolute Gasteiger partial charge is 0.490 e. The van der Waals surface area contributed by atoms with E-state index in [2.05, 4.69) is 31.8 Å². The lowest BCUT2D eigenvalue weighted by molar-refractivity contribution is -0.120. The second kappa shape index (κ2) is 13.4. The first-order valence-corrected chi connectivity index (χ1v) is 12.2. The standard InChI is InChI=1S/C27H27BrFN3O4/c1-3-35-24-15-20(14-22(28)26(24)36-17-19-10-8-18(2)9-11-19)16-31-32-25(33)12-13-30-27(34)21-6-4-5-7-23(21)29/h4-11,14-16H,3,12-13,17H2,1-2H3,(H,30,34)(H,32,33). The second-order valence-corrected chi connectivity index (χ2v) is 8.67. The minimum Gasteiger partial charge on any atom is -0.490 e. The number of benzene rings is 3. The van der Waals surface area contributed by atoms with Gasteiger partial charge in [0.1, 0.15) is 12.4 Å². The minimum atomic E-state index is -0.617. The summed E-state index contributed by atoms with van der Waals surface area (Å²) in [5.41, 5.74) is 5.24. The van der Waals surface area contributed by atoms with E-state index in [0.29, 0.717) is 34.7 Å². The Morgan fingerprint density at radius 3 is 2.56 bits per heavy atom. The molecule has 0 aromatic heterocycles. The van der Waals surface area contributed by atoms with E-state index in [-0.39, 0.29) is 18.5 Å². The summed E-state index contributed by atoms with van der Waals surface area (Å²) in [7, 11) is 0. The third kappa shape index (κ3) is 7.91. The molecular formula is C27H27BrFN3O4. The van der Waals surface area contributed by atoms with Crippen LogP contribution in [0.25, 0.3) is 0 Å². The van der Waals surface area contributed by atoms with E-state index < -0.39 is 17.6 Å². The van der Waals surface area contributed by atoms with E-state index in [1.165, 1.54) is 30.0 Å². The van der Waals surface area contributed by atoms with Gasteiger partial charge >= 0.3 is 0 Å². The molecule has 0 heterocycles. The second-order valence-electron chi connectivity index (χ2n) is 7.82. The third-order valence-corrected chi connectivity index (χ3v) is 5.58. The van der Waals surface area contributed by atoms with Gasteiger partial charge in [-0.3, -0.25) is 9.59 Å². The molecule has 7 nitrogen and oxygen atoms in total. The summed E-state index contributed by atoms with van der Waals surface area (Å²) in [6.07, 6.45) is 1.46. The van der Waals surface area contributed by atoms with Crippen LogP contribution in [0.5, 0.6) is 11.5 Å². The van der Waals surface area contributed by atoms with Gasteiger partial charge in [0.15, 0.2) is 11.5 Å². The molecule has 0 unspecified atom stereocenters. The van der Waals surface area contributed by atoms with Crippen LogP contribution >= 0.6 is 15.9 Å². The van der Waals surface area contributed by atoms with Crippen LogP contribution in [0.4, 0.5) is 4.39 Å². The van der Waals surface area contributed by atoms with Crippen molar-refractivity contribution in [2.45, 2.75) is 26.9 Å². The molecule has 188 valence electrons.